The van der Waals surface area contributed by atoms with Gasteiger partial charge in [-0.15, -0.1) is 22.7 Å². The van der Waals surface area contributed by atoms with Crippen molar-refractivity contribution < 1.29 is 38.5 Å². The van der Waals surface area contributed by atoms with E-state index in [1.54, 1.807) is 40.3 Å². The highest BCUT2D eigenvalue weighted by atomic mass is 32.1. The highest BCUT2D eigenvalue weighted by molar-refractivity contribution is 7.22. The fourth-order valence-electron chi connectivity index (χ4n) is 8.78. The van der Waals surface area contributed by atoms with Crippen LogP contribution in [-0.2, 0) is 33.8 Å². The van der Waals surface area contributed by atoms with Gasteiger partial charge in [0.2, 0.25) is 11.8 Å². The van der Waals surface area contributed by atoms with Crippen LogP contribution in [0.2, 0.25) is 0 Å². The molecule has 8 aromatic rings. The molecule has 0 bridgehead atoms. The Morgan fingerprint density at radius 1 is 0.859 bits per heavy atom. The summed E-state index contributed by atoms with van der Waals surface area (Å²) in [5, 5.41) is 29.3. The van der Waals surface area contributed by atoms with Crippen LogP contribution in [0.25, 0.3) is 42.2 Å². The molecule has 364 valence electrons. The molecule has 9 rings (SSSR count). The molecular formula is C56H54FN5O7S2. The van der Waals surface area contributed by atoms with Crippen molar-refractivity contribution in [1.82, 2.24) is 25.0 Å². The second-order valence-electron chi connectivity index (χ2n) is 18.9. The first-order valence-electron chi connectivity index (χ1n) is 23.5. The Balaban J connectivity index is 0.757. The van der Waals surface area contributed by atoms with Gasteiger partial charge in [-0.05, 0) is 102 Å². The van der Waals surface area contributed by atoms with Gasteiger partial charge in [0.15, 0.2) is 11.5 Å². The molecule has 1 fully saturated rings. The monoisotopic (exact) mass is 991 g/mol. The third kappa shape index (κ3) is 11.5. The summed E-state index contributed by atoms with van der Waals surface area (Å²) in [7, 11) is 0. The number of ether oxygens (including phenoxy) is 2. The number of benzene rings is 5. The van der Waals surface area contributed by atoms with Crippen LogP contribution in [-0.4, -0.2) is 78.8 Å². The number of nitrogens with one attached hydrogen (secondary N) is 1. The molecule has 3 aromatic heterocycles. The molecule has 0 aliphatic carbocycles. The summed E-state index contributed by atoms with van der Waals surface area (Å²) in [6.07, 6.45) is 1.98. The van der Waals surface area contributed by atoms with Crippen LogP contribution in [0.4, 0.5) is 4.39 Å². The summed E-state index contributed by atoms with van der Waals surface area (Å²) in [5.41, 5.74) is 7.41. The number of nitrogens with zero attached hydrogens (tertiary/aromatic N) is 4. The maximum Gasteiger partial charge on any atom is 0.246 e. The number of rotatable bonds is 17. The fourth-order valence-corrected chi connectivity index (χ4v) is 10.8. The SMILES string of the molecule is Cc1ncsc1-c1ccc(CCC(=O)[C@@H]2C[C@@H](O)CN2C(=O)[C@@H](NC(=O)Cc2ccc(-c3ccn(CCOc4ccc(Oc5c(-c6ccc(F)cc6)sc6cc(O)ccc56)cc4)n3)cc2)C(C)(C)C)cc1. The average molecular weight is 992 g/mol. The van der Waals surface area contributed by atoms with E-state index in [1.165, 1.54) is 28.4 Å². The molecule has 15 heteroatoms. The number of thiazole rings is 1. The molecule has 0 spiro atoms. The highest BCUT2D eigenvalue weighted by Crippen LogP contribution is 2.47. The first-order chi connectivity index (χ1) is 34.1. The fraction of sp³-hybridized carbons (Fsp3) is 0.268. The standard InChI is InChI=1S/C56H54FN5O7S2/c1-34-52(70-33-58-34)38-12-5-35(6-13-38)9-24-48(65)47-30-42(64)32-62(47)55(67)54(56(2,3)4)59-50(66)29-36-7-10-37(11-8-36)46-25-26-61(60-46)27-28-68-43-19-21-44(22-20-43)69-51-45-23-18-41(63)31-49(45)71-53(51)39-14-16-40(57)17-15-39/h5-8,10-23,25-26,31,33,42,47,54,63-64H,9,24,27-30,32H2,1-4H3,(H,59,66)/t42-,47+,54-/m1/s1. The molecule has 0 radical (unpaired) electrons. The molecule has 0 saturated carbocycles. The first-order valence-corrected chi connectivity index (χ1v) is 25.2. The summed E-state index contributed by atoms with van der Waals surface area (Å²) in [6, 6.07) is 34.5. The molecule has 3 N–H and O–H groups in total. The molecule has 1 saturated heterocycles. The summed E-state index contributed by atoms with van der Waals surface area (Å²) < 4.78 is 28.8. The number of hydrogen-bond donors (Lipinski definition) is 3. The Bertz CT molecular complexity index is 3160. The van der Waals surface area contributed by atoms with Gasteiger partial charge in [0.1, 0.15) is 35.7 Å². The van der Waals surface area contributed by atoms with Gasteiger partial charge in [0.25, 0.3) is 0 Å². The number of aromatic hydroxyl groups is 1. The predicted molar refractivity (Wildman–Crippen MR) is 275 cm³/mol. The van der Waals surface area contributed by atoms with Gasteiger partial charge >= 0.3 is 0 Å². The highest BCUT2D eigenvalue weighted by Gasteiger charge is 2.44. The molecule has 1 aliphatic heterocycles. The number of aliphatic hydroxyl groups excluding tert-OH is 1. The number of halogens is 1. The largest absolute Gasteiger partial charge is 0.508 e. The Morgan fingerprint density at radius 3 is 2.24 bits per heavy atom. The third-order valence-corrected chi connectivity index (χ3v) is 14.8. The van der Waals surface area contributed by atoms with E-state index < -0.39 is 23.6 Å². The van der Waals surface area contributed by atoms with Crippen LogP contribution >= 0.6 is 22.7 Å². The number of fused-ring (bicyclic) bond motifs is 1. The number of aryl methyl sites for hydroxylation is 2. The minimum Gasteiger partial charge on any atom is -0.508 e. The van der Waals surface area contributed by atoms with Gasteiger partial charge in [0.05, 0.1) is 51.8 Å². The van der Waals surface area contributed by atoms with Gasteiger partial charge in [-0.3, -0.25) is 19.1 Å². The van der Waals surface area contributed by atoms with E-state index in [0.717, 1.165) is 59.0 Å². The van der Waals surface area contributed by atoms with E-state index in [9.17, 15) is 29.0 Å². The Labute approximate surface area is 419 Å². The first kappa shape index (κ1) is 48.8. The zero-order chi connectivity index (χ0) is 49.8. The van der Waals surface area contributed by atoms with Crippen molar-refractivity contribution in [3.05, 3.63) is 156 Å². The number of carbonyl (C=O) groups excluding carboxylic acids is 3. The number of hydrogen-bond acceptors (Lipinski definition) is 11. The second kappa shape index (κ2) is 21.0. The van der Waals surface area contributed by atoms with Gasteiger partial charge in [0, 0.05) is 41.2 Å². The summed E-state index contributed by atoms with van der Waals surface area (Å²) in [5.74, 6) is 0.875. The molecule has 1 aliphatic rings. The predicted octanol–water partition coefficient (Wildman–Crippen LogP) is 10.8. The van der Waals surface area contributed by atoms with Crippen LogP contribution in [0, 0.1) is 18.2 Å². The molecule has 4 heterocycles. The number of amides is 2. The quantitative estimate of drug-likeness (QED) is 0.0808. The molecule has 0 unspecified atom stereocenters. The van der Waals surface area contributed by atoms with E-state index in [4.69, 9.17) is 14.6 Å². The summed E-state index contributed by atoms with van der Waals surface area (Å²) in [4.78, 5) is 49.1. The summed E-state index contributed by atoms with van der Waals surface area (Å²) in [6.45, 7) is 8.49. The molecule has 3 atom stereocenters. The number of ketones is 1. The van der Waals surface area contributed by atoms with E-state index in [1.807, 2.05) is 124 Å². The van der Waals surface area contributed by atoms with Gasteiger partial charge in [-0.2, -0.15) is 5.10 Å². The number of phenolic OH excluding ortho intramolecular Hbond substituents is 1. The minimum absolute atomic E-state index is 0.0291. The number of β-amino-alcohol motifs (C(OH)–C–C–N with tert-alkyl or cyclic N) is 1. The Morgan fingerprint density at radius 2 is 1.54 bits per heavy atom. The molecule has 2 amide bonds. The number of aliphatic hydroxyl groups is 1. The van der Waals surface area contributed by atoms with Crippen molar-refractivity contribution in [2.24, 2.45) is 5.41 Å². The second-order valence-corrected chi connectivity index (χ2v) is 20.8. The van der Waals surface area contributed by atoms with Crippen LogP contribution < -0.4 is 14.8 Å². The molecule has 12 nitrogen and oxygen atoms in total. The van der Waals surface area contributed by atoms with Crippen molar-refractivity contribution in [3.8, 4) is 55.1 Å². The smallest absolute Gasteiger partial charge is 0.246 e. The normalized spacial score (nSPS) is 15.2. The van der Waals surface area contributed by atoms with E-state index in [0.29, 0.717) is 36.8 Å². The lowest BCUT2D eigenvalue weighted by Gasteiger charge is -2.35. The Kier molecular flexibility index (Phi) is 14.5. The number of thiophene rings is 1. The molecule has 71 heavy (non-hydrogen) atoms. The van der Waals surface area contributed by atoms with E-state index in [-0.39, 0.29) is 55.0 Å². The van der Waals surface area contributed by atoms with Crippen molar-refractivity contribution in [2.75, 3.05) is 13.2 Å². The molecule has 5 aromatic carbocycles. The van der Waals surface area contributed by atoms with Crippen molar-refractivity contribution in [3.63, 3.8) is 0 Å². The maximum atomic E-state index is 14.2. The maximum absolute atomic E-state index is 14.2. The zero-order valence-electron chi connectivity index (χ0n) is 39.8. The van der Waals surface area contributed by atoms with Crippen molar-refractivity contribution >= 4 is 50.4 Å². The lowest BCUT2D eigenvalue weighted by Crippen LogP contribution is -2.57. The summed E-state index contributed by atoms with van der Waals surface area (Å²) >= 11 is 3.05. The number of likely N-dealkylation sites (tertiary alicyclic amines) is 1. The lowest BCUT2D eigenvalue weighted by atomic mass is 9.85. The number of aromatic nitrogens is 3. The van der Waals surface area contributed by atoms with Crippen molar-refractivity contribution in [1.29, 1.82) is 0 Å². The van der Waals surface area contributed by atoms with Gasteiger partial charge in [-0.25, -0.2) is 9.37 Å². The third-order valence-electron chi connectivity index (χ3n) is 12.6. The number of carbonyl (C=O) groups is 3. The lowest BCUT2D eigenvalue weighted by molar-refractivity contribution is -0.143. The van der Waals surface area contributed by atoms with Crippen LogP contribution in [0.1, 0.15) is 50.4 Å². The van der Waals surface area contributed by atoms with E-state index >= 15 is 0 Å². The van der Waals surface area contributed by atoms with Crippen molar-refractivity contribution in [2.45, 2.75) is 78.1 Å². The van der Waals surface area contributed by atoms with E-state index in [2.05, 4.69) is 10.3 Å². The average Bonchev–Trinajstić information content (AvgIpc) is 4.17. The van der Waals surface area contributed by atoms with Crippen LogP contribution in [0.5, 0.6) is 23.0 Å². The zero-order valence-corrected chi connectivity index (χ0v) is 41.4. The number of Topliss-reactive ketones (excluding diaryl/α,β-unsaturated/α-hetero) is 1. The van der Waals surface area contributed by atoms with Crippen LogP contribution in [0.15, 0.2) is 133 Å². The topological polar surface area (TPSA) is 156 Å². The Hall–Kier alpha value is -7.20. The molecular weight excluding hydrogens is 938 g/mol. The minimum atomic E-state index is -0.919. The van der Waals surface area contributed by atoms with Crippen LogP contribution in [0.3, 0.4) is 0 Å². The van der Waals surface area contributed by atoms with Gasteiger partial charge in [-0.1, -0.05) is 81.4 Å². The number of phenols is 1. The van der Waals surface area contributed by atoms with Gasteiger partial charge < -0.3 is 29.9 Å².